The van der Waals surface area contributed by atoms with E-state index in [0.717, 1.165) is 19.5 Å². The molecule has 1 saturated heterocycles. The Labute approximate surface area is 104 Å². The first-order valence-electron chi connectivity index (χ1n) is 6.34. The predicted molar refractivity (Wildman–Crippen MR) is 68.9 cm³/mol. The van der Waals surface area contributed by atoms with E-state index in [9.17, 15) is 8.42 Å². The number of aliphatic hydroxyl groups excluding tert-OH is 1. The fraction of sp³-hybridized carbons (Fsp3) is 1.00. The molecule has 0 saturated carbocycles. The molecule has 0 bridgehead atoms. The van der Waals surface area contributed by atoms with Gasteiger partial charge in [-0.15, -0.1) is 0 Å². The zero-order chi connectivity index (χ0) is 12.7. The fourth-order valence-corrected chi connectivity index (χ4v) is 2.90. The van der Waals surface area contributed by atoms with Gasteiger partial charge in [0, 0.05) is 31.4 Å². The first-order valence-corrected chi connectivity index (χ1v) is 8.16. The van der Waals surface area contributed by atoms with Crippen molar-refractivity contribution in [1.29, 1.82) is 0 Å². The Bertz CT molecular complexity index is 300. The Hall–Kier alpha value is -0.170. The molecule has 1 aliphatic heterocycles. The molecule has 1 rings (SSSR count). The van der Waals surface area contributed by atoms with Crippen LogP contribution in [0.3, 0.4) is 0 Å². The maximum Gasteiger partial charge on any atom is 0.151 e. The summed E-state index contributed by atoms with van der Waals surface area (Å²) in [5.41, 5.74) is 0. The molecule has 0 radical (unpaired) electrons. The number of nitrogens with one attached hydrogen (secondary N) is 1. The molecule has 17 heavy (non-hydrogen) atoms. The lowest BCUT2D eigenvalue weighted by Crippen LogP contribution is -2.41. The number of hydrogen-bond donors (Lipinski definition) is 2. The second kappa shape index (κ2) is 7.31. The monoisotopic (exact) mass is 264 g/mol. The van der Waals surface area contributed by atoms with Crippen LogP contribution in [0.25, 0.3) is 0 Å². The third-order valence-electron chi connectivity index (χ3n) is 3.22. The quantitative estimate of drug-likeness (QED) is 0.617. The van der Waals surface area contributed by atoms with Crippen molar-refractivity contribution in [2.24, 2.45) is 0 Å². The van der Waals surface area contributed by atoms with Gasteiger partial charge in [0.15, 0.2) is 9.84 Å². The van der Waals surface area contributed by atoms with Gasteiger partial charge in [0.25, 0.3) is 0 Å². The number of aliphatic hydroxyl groups is 1. The van der Waals surface area contributed by atoms with E-state index in [0.29, 0.717) is 19.1 Å². The van der Waals surface area contributed by atoms with Crippen LogP contribution in [0.1, 0.15) is 19.8 Å². The van der Waals surface area contributed by atoms with Gasteiger partial charge in [-0.25, -0.2) is 8.42 Å². The molecule has 0 aromatic heterocycles. The number of sulfone groups is 1. The second-order valence-electron chi connectivity index (χ2n) is 4.55. The Balaban J connectivity index is 2.36. The Kier molecular flexibility index (Phi) is 6.40. The lowest BCUT2D eigenvalue weighted by atomic mass is 10.2. The predicted octanol–water partition coefficient (Wildman–Crippen LogP) is -0.533. The molecule has 0 aliphatic carbocycles. The number of rotatable bonds is 8. The van der Waals surface area contributed by atoms with Gasteiger partial charge in [-0.1, -0.05) is 6.92 Å². The van der Waals surface area contributed by atoms with Crippen molar-refractivity contribution >= 4 is 9.84 Å². The lowest BCUT2D eigenvalue weighted by molar-refractivity contribution is 0.192. The van der Waals surface area contributed by atoms with Crippen molar-refractivity contribution in [3.05, 3.63) is 0 Å². The maximum absolute atomic E-state index is 11.4. The summed E-state index contributed by atoms with van der Waals surface area (Å²) in [6.45, 7) is 4.71. The van der Waals surface area contributed by atoms with Gasteiger partial charge in [-0.2, -0.15) is 0 Å². The van der Waals surface area contributed by atoms with E-state index < -0.39 is 9.84 Å². The van der Waals surface area contributed by atoms with Crippen LogP contribution in [-0.2, 0) is 9.84 Å². The minimum atomic E-state index is -2.91. The molecule has 6 heteroatoms. The minimum absolute atomic E-state index is 0.0822. The highest BCUT2D eigenvalue weighted by Crippen LogP contribution is 2.07. The van der Waals surface area contributed by atoms with Gasteiger partial charge in [-0.3, -0.25) is 4.90 Å². The average Bonchev–Trinajstić information content (AvgIpc) is 2.79. The summed E-state index contributed by atoms with van der Waals surface area (Å²) in [7, 11) is -2.91. The molecule has 1 fully saturated rings. The van der Waals surface area contributed by atoms with Crippen LogP contribution < -0.4 is 5.32 Å². The highest BCUT2D eigenvalue weighted by Gasteiger charge is 2.19. The Morgan fingerprint density at radius 3 is 2.71 bits per heavy atom. The van der Waals surface area contributed by atoms with Crippen molar-refractivity contribution in [2.75, 3.05) is 44.3 Å². The molecule has 0 aromatic carbocycles. The third-order valence-corrected chi connectivity index (χ3v) is 4.90. The number of hydrogen-bond acceptors (Lipinski definition) is 5. The van der Waals surface area contributed by atoms with E-state index in [4.69, 9.17) is 5.11 Å². The van der Waals surface area contributed by atoms with Crippen LogP contribution in [0.4, 0.5) is 0 Å². The van der Waals surface area contributed by atoms with Gasteiger partial charge in [-0.05, 0) is 19.4 Å². The van der Waals surface area contributed by atoms with Gasteiger partial charge >= 0.3 is 0 Å². The highest BCUT2D eigenvalue weighted by atomic mass is 32.2. The van der Waals surface area contributed by atoms with E-state index in [1.54, 1.807) is 6.92 Å². The zero-order valence-corrected chi connectivity index (χ0v) is 11.4. The Morgan fingerprint density at radius 2 is 2.18 bits per heavy atom. The van der Waals surface area contributed by atoms with E-state index in [1.807, 2.05) is 4.90 Å². The topological polar surface area (TPSA) is 69.6 Å². The summed E-state index contributed by atoms with van der Waals surface area (Å²) in [6, 6.07) is 0.450. The largest absolute Gasteiger partial charge is 0.395 e. The summed E-state index contributed by atoms with van der Waals surface area (Å²) in [4.78, 5) is 2.04. The standard InChI is InChI=1S/C11H24N2O3S/c1-2-17(15,16)9-7-13(6-8-14)10-11-4-3-5-12-11/h11-12,14H,2-10H2,1H3. The average molecular weight is 264 g/mol. The molecule has 2 N–H and O–H groups in total. The second-order valence-corrected chi connectivity index (χ2v) is 7.03. The van der Waals surface area contributed by atoms with Gasteiger partial charge in [0.2, 0.25) is 0 Å². The summed E-state index contributed by atoms with van der Waals surface area (Å²) in [6.07, 6.45) is 2.33. The summed E-state index contributed by atoms with van der Waals surface area (Å²) in [5, 5.41) is 12.4. The van der Waals surface area contributed by atoms with Crippen LogP contribution in [0.2, 0.25) is 0 Å². The van der Waals surface area contributed by atoms with Crippen LogP contribution in [0.15, 0.2) is 0 Å². The summed E-state index contributed by atoms with van der Waals surface area (Å²) >= 11 is 0. The molecule has 5 nitrogen and oxygen atoms in total. The van der Waals surface area contributed by atoms with Crippen LogP contribution in [0.5, 0.6) is 0 Å². The lowest BCUT2D eigenvalue weighted by Gasteiger charge is -2.24. The smallest absolute Gasteiger partial charge is 0.151 e. The molecule has 0 amide bonds. The zero-order valence-electron chi connectivity index (χ0n) is 10.6. The molecule has 1 atom stereocenters. The number of nitrogens with zero attached hydrogens (tertiary/aromatic N) is 1. The first kappa shape index (κ1) is 14.9. The van der Waals surface area contributed by atoms with Crippen LogP contribution in [0, 0.1) is 0 Å². The minimum Gasteiger partial charge on any atom is -0.395 e. The van der Waals surface area contributed by atoms with Crippen LogP contribution in [-0.4, -0.2) is 68.8 Å². The fourth-order valence-electron chi connectivity index (χ4n) is 2.07. The van der Waals surface area contributed by atoms with E-state index >= 15 is 0 Å². The SMILES string of the molecule is CCS(=O)(=O)CCN(CCO)CC1CCCN1. The van der Waals surface area contributed by atoms with E-state index in [1.165, 1.54) is 6.42 Å². The highest BCUT2D eigenvalue weighted by molar-refractivity contribution is 7.91. The maximum atomic E-state index is 11.4. The summed E-state index contributed by atoms with van der Waals surface area (Å²) < 4.78 is 22.9. The van der Waals surface area contributed by atoms with E-state index in [2.05, 4.69) is 5.32 Å². The third kappa shape index (κ3) is 5.81. The van der Waals surface area contributed by atoms with Crippen molar-refractivity contribution in [3.63, 3.8) is 0 Å². The van der Waals surface area contributed by atoms with Crippen molar-refractivity contribution in [1.82, 2.24) is 10.2 Å². The molecule has 0 aromatic rings. The van der Waals surface area contributed by atoms with Gasteiger partial charge in [0.05, 0.1) is 12.4 Å². The molecule has 0 spiro atoms. The van der Waals surface area contributed by atoms with Gasteiger partial charge < -0.3 is 10.4 Å². The van der Waals surface area contributed by atoms with Crippen LogP contribution >= 0.6 is 0 Å². The molecule has 1 unspecified atom stereocenters. The Morgan fingerprint density at radius 1 is 1.41 bits per heavy atom. The van der Waals surface area contributed by atoms with Gasteiger partial charge in [0.1, 0.15) is 0 Å². The molecular formula is C11H24N2O3S. The molecule has 1 aliphatic rings. The van der Waals surface area contributed by atoms with Crippen molar-refractivity contribution in [3.8, 4) is 0 Å². The first-order chi connectivity index (χ1) is 8.07. The normalized spacial score (nSPS) is 21.2. The summed E-state index contributed by atoms with van der Waals surface area (Å²) in [5.74, 6) is 0.387. The van der Waals surface area contributed by atoms with E-state index in [-0.39, 0.29) is 18.1 Å². The molecule has 1 heterocycles. The molecular weight excluding hydrogens is 240 g/mol. The van der Waals surface area contributed by atoms with Crippen molar-refractivity contribution in [2.45, 2.75) is 25.8 Å². The van der Waals surface area contributed by atoms with Crippen molar-refractivity contribution < 1.29 is 13.5 Å². The molecule has 102 valence electrons.